The second-order valence-corrected chi connectivity index (χ2v) is 4.99. The van der Waals surface area contributed by atoms with Gasteiger partial charge in [0.25, 0.3) is 0 Å². The third-order valence-corrected chi connectivity index (χ3v) is 3.32. The van der Waals surface area contributed by atoms with E-state index in [2.05, 4.69) is 12.6 Å². The van der Waals surface area contributed by atoms with Crippen LogP contribution in [0.3, 0.4) is 0 Å². The zero-order valence-electron chi connectivity index (χ0n) is 13.0. The highest BCUT2D eigenvalue weighted by molar-refractivity contribution is 5.50. The van der Waals surface area contributed by atoms with Crippen LogP contribution in [0.2, 0.25) is 0 Å². The maximum absolute atomic E-state index is 6.05. The molecule has 0 radical (unpaired) electrons. The van der Waals surface area contributed by atoms with Crippen molar-refractivity contribution in [3.8, 4) is 11.5 Å². The standard InChI is InChI=1S/C19H23NO2/c1-3-8-17-11-16(13-20)12-18(21-4-2)19(17)22-14-15-9-6-5-7-10-15/h3,5-7,9-12H,1,4,8,13-14,20H2,2H3. The summed E-state index contributed by atoms with van der Waals surface area (Å²) in [6, 6.07) is 14.1. The summed E-state index contributed by atoms with van der Waals surface area (Å²) in [7, 11) is 0. The van der Waals surface area contributed by atoms with Crippen molar-refractivity contribution >= 4 is 0 Å². The van der Waals surface area contributed by atoms with Gasteiger partial charge in [-0.25, -0.2) is 0 Å². The molecule has 0 aliphatic heterocycles. The van der Waals surface area contributed by atoms with E-state index in [-0.39, 0.29) is 0 Å². The molecule has 116 valence electrons. The van der Waals surface area contributed by atoms with Crippen LogP contribution in [0.4, 0.5) is 0 Å². The molecule has 0 unspecified atom stereocenters. The number of hydrogen-bond donors (Lipinski definition) is 1. The van der Waals surface area contributed by atoms with E-state index in [1.807, 2.05) is 49.4 Å². The molecule has 0 bridgehead atoms. The van der Waals surface area contributed by atoms with Gasteiger partial charge in [0.05, 0.1) is 6.61 Å². The third-order valence-electron chi connectivity index (χ3n) is 3.32. The van der Waals surface area contributed by atoms with Crippen LogP contribution < -0.4 is 15.2 Å². The van der Waals surface area contributed by atoms with Gasteiger partial charge in [-0.15, -0.1) is 6.58 Å². The zero-order chi connectivity index (χ0) is 15.8. The molecule has 0 aliphatic carbocycles. The Morgan fingerprint density at radius 3 is 2.50 bits per heavy atom. The molecule has 0 fully saturated rings. The van der Waals surface area contributed by atoms with Gasteiger partial charge in [0.15, 0.2) is 11.5 Å². The van der Waals surface area contributed by atoms with E-state index in [0.29, 0.717) is 19.8 Å². The van der Waals surface area contributed by atoms with Crippen molar-refractivity contribution < 1.29 is 9.47 Å². The first-order chi connectivity index (χ1) is 10.8. The fraction of sp³-hybridized carbons (Fsp3) is 0.263. The molecule has 0 aliphatic rings. The zero-order valence-corrected chi connectivity index (χ0v) is 13.0. The van der Waals surface area contributed by atoms with Gasteiger partial charge in [0.1, 0.15) is 6.61 Å². The molecular formula is C19H23NO2. The van der Waals surface area contributed by atoms with Crippen molar-refractivity contribution in [2.24, 2.45) is 5.73 Å². The van der Waals surface area contributed by atoms with Crippen LogP contribution in [0.1, 0.15) is 23.6 Å². The van der Waals surface area contributed by atoms with E-state index < -0.39 is 0 Å². The monoisotopic (exact) mass is 297 g/mol. The summed E-state index contributed by atoms with van der Waals surface area (Å²) < 4.78 is 11.8. The minimum atomic E-state index is 0.475. The number of benzene rings is 2. The predicted molar refractivity (Wildman–Crippen MR) is 90.2 cm³/mol. The summed E-state index contributed by atoms with van der Waals surface area (Å²) in [5.41, 5.74) is 8.98. The average Bonchev–Trinajstić information content (AvgIpc) is 2.55. The predicted octanol–water partition coefficient (Wildman–Crippen LogP) is 3.85. The Hall–Kier alpha value is -2.26. The molecule has 0 spiro atoms. The minimum absolute atomic E-state index is 0.475. The van der Waals surface area contributed by atoms with Crippen LogP contribution in [0.5, 0.6) is 11.5 Å². The Kier molecular flexibility index (Phi) is 6.04. The molecular weight excluding hydrogens is 274 g/mol. The van der Waals surface area contributed by atoms with Crippen LogP contribution >= 0.6 is 0 Å². The molecule has 0 aromatic heterocycles. The number of nitrogens with two attached hydrogens (primary N) is 1. The quantitative estimate of drug-likeness (QED) is 0.753. The summed E-state index contributed by atoms with van der Waals surface area (Å²) in [5, 5.41) is 0. The summed E-state index contributed by atoms with van der Waals surface area (Å²) in [5.74, 6) is 1.53. The summed E-state index contributed by atoms with van der Waals surface area (Å²) >= 11 is 0. The lowest BCUT2D eigenvalue weighted by Gasteiger charge is -2.17. The molecule has 2 rings (SSSR count). The van der Waals surface area contributed by atoms with E-state index in [0.717, 1.165) is 34.6 Å². The van der Waals surface area contributed by atoms with E-state index >= 15 is 0 Å². The fourth-order valence-electron chi connectivity index (χ4n) is 2.30. The van der Waals surface area contributed by atoms with E-state index in [4.69, 9.17) is 15.2 Å². The molecule has 0 saturated heterocycles. The molecule has 3 heteroatoms. The Morgan fingerprint density at radius 2 is 1.86 bits per heavy atom. The van der Waals surface area contributed by atoms with Crippen molar-refractivity contribution in [3.63, 3.8) is 0 Å². The van der Waals surface area contributed by atoms with Crippen LogP contribution in [-0.4, -0.2) is 6.61 Å². The normalized spacial score (nSPS) is 10.3. The molecule has 22 heavy (non-hydrogen) atoms. The number of rotatable bonds is 8. The first-order valence-corrected chi connectivity index (χ1v) is 7.54. The Bertz CT molecular complexity index is 608. The summed E-state index contributed by atoms with van der Waals surface area (Å²) in [4.78, 5) is 0. The van der Waals surface area contributed by atoms with Gasteiger partial charge in [-0.1, -0.05) is 42.5 Å². The lowest BCUT2D eigenvalue weighted by molar-refractivity contribution is 0.267. The molecule has 0 saturated carbocycles. The second kappa shape index (κ2) is 8.25. The van der Waals surface area contributed by atoms with Crippen molar-refractivity contribution in [1.29, 1.82) is 0 Å². The molecule has 0 amide bonds. The maximum Gasteiger partial charge on any atom is 0.165 e. The molecule has 0 atom stereocenters. The van der Waals surface area contributed by atoms with E-state index in [1.165, 1.54) is 0 Å². The third kappa shape index (κ3) is 4.12. The topological polar surface area (TPSA) is 44.5 Å². The van der Waals surface area contributed by atoms with Gasteiger partial charge in [-0.05, 0) is 30.5 Å². The van der Waals surface area contributed by atoms with Crippen molar-refractivity contribution in [2.45, 2.75) is 26.5 Å². The molecule has 3 nitrogen and oxygen atoms in total. The van der Waals surface area contributed by atoms with Crippen molar-refractivity contribution in [1.82, 2.24) is 0 Å². The van der Waals surface area contributed by atoms with Gasteiger partial charge in [-0.3, -0.25) is 0 Å². The van der Waals surface area contributed by atoms with Crippen LogP contribution in [0, 0.1) is 0 Å². The first-order valence-electron chi connectivity index (χ1n) is 7.54. The van der Waals surface area contributed by atoms with Crippen molar-refractivity contribution in [3.05, 3.63) is 71.8 Å². The Balaban J connectivity index is 2.30. The van der Waals surface area contributed by atoms with Gasteiger partial charge < -0.3 is 15.2 Å². The smallest absolute Gasteiger partial charge is 0.165 e. The van der Waals surface area contributed by atoms with Gasteiger partial charge >= 0.3 is 0 Å². The largest absolute Gasteiger partial charge is 0.490 e. The highest BCUT2D eigenvalue weighted by Crippen LogP contribution is 2.34. The second-order valence-electron chi connectivity index (χ2n) is 4.99. The van der Waals surface area contributed by atoms with Gasteiger partial charge in [0, 0.05) is 12.1 Å². The Labute approximate surface area is 132 Å². The van der Waals surface area contributed by atoms with E-state index in [9.17, 15) is 0 Å². The number of hydrogen-bond acceptors (Lipinski definition) is 3. The lowest BCUT2D eigenvalue weighted by Crippen LogP contribution is -2.05. The number of ether oxygens (including phenoxy) is 2. The first kappa shape index (κ1) is 16.1. The highest BCUT2D eigenvalue weighted by Gasteiger charge is 2.13. The fourth-order valence-corrected chi connectivity index (χ4v) is 2.30. The lowest BCUT2D eigenvalue weighted by atomic mass is 10.1. The molecule has 2 aromatic rings. The van der Waals surface area contributed by atoms with Crippen LogP contribution in [-0.2, 0) is 19.6 Å². The molecule has 0 heterocycles. The van der Waals surface area contributed by atoms with Gasteiger partial charge in [0.2, 0.25) is 0 Å². The maximum atomic E-state index is 6.05. The summed E-state index contributed by atoms with van der Waals surface area (Å²) in [6.45, 7) is 7.35. The molecule has 2 aromatic carbocycles. The number of allylic oxidation sites excluding steroid dienone is 1. The van der Waals surface area contributed by atoms with Crippen LogP contribution in [0.25, 0.3) is 0 Å². The minimum Gasteiger partial charge on any atom is -0.490 e. The highest BCUT2D eigenvalue weighted by atomic mass is 16.5. The van der Waals surface area contributed by atoms with E-state index in [1.54, 1.807) is 0 Å². The van der Waals surface area contributed by atoms with Gasteiger partial charge in [-0.2, -0.15) is 0 Å². The molecule has 2 N–H and O–H groups in total. The van der Waals surface area contributed by atoms with Crippen LogP contribution in [0.15, 0.2) is 55.1 Å². The summed E-state index contributed by atoms with van der Waals surface area (Å²) in [6.07, 6.45) is 2.58. The average molecular weight is 297 g/mol. The van der Waals surface area contributed by atoms with Crippen molar-refractivity contribution in [2.75, 3.05) is 6.61 Å². The SMILES string of the molecule is C=CCc1cc(CN)cc(OCC)c1OCc1ccccc1. The Morgan fingerprint density at radius 1 is 1.09 bits per heavy atom.